The van der Waals surface area contributed by atoms with E-state index in [1.807, 2.05) is 6.92 Å². The highest BCUT2D eigenvalue weighted by Gasteiger charge is 2.22. The van der Waals surface area contributed by atoms with E-state index in [9.17, 15) is 13.2 Å². The summed E-state index contributed by atoms with van der Waals surface area (Å²) in [6.45, 7) is 8.03. The lowest BCUT2D eigenvalue weighted by atomic mass is 9.98. The second-order valence-electron chi connectivity index (χ2n) is 7.33. The number of rotatable bonds is 5. The summed E-state index contributed by atoms with van der Waals surface area (Å²) >= 11 is 1.39. The van der Waals surface area contributed by atoms with Crippen molar-refractivity contribution in [1.82, 2.24) is 14.6 Å². The number of hydrogen-bond acceptors (Lipinski definition) is 5. The van der Waals surface area contributed by atoms with Crippen LogP contribution >= 0.6 is 11.3 Å². The van der Waals surface area contributed by atoms with E-state index in [1.54, 1.807) is 30.5 Å². The molecule has 1 heterocycles. The molecule has 2 aromatic rings. The maximum Gasteiger partial charge on any atom is 0.263 e. The SMILES string of the molecule is CC(NC(=O)c1cnc(C(C)(C)C)s1)c1ccc(S(=O)(=O)N(C)C)cc1. The second kappa shape index (κ2) is 7.46. The van der Waals surface area contributed by atoms with Crippen molar-refractivity contribution in [2.75, 3.05) is 14.1 Å². The van der Waals surface area contributed by atoms with E-state index in [1.165, 1.54) is 29.7 Å². The summed E-state index contributed by atoms with van der Waals surface area (Å²) in [5.74, 6) is -0.185. The Balaban J connectivity index is 2.11. The average Bonchev–Trinajstić information content (AvgIpc) is 3.05. The topological polar surface area (TPSA) is 79.4 Å². The number of amides is 1. The monoisotopic (exact) mass is 395 g/mol. The summed E-state index contributed by atoms with van der Waals surface area (Å²) < 4.78 is 25.4. The molecule has 26 heavy (non-hydrogen) atoms. The highest BCUT2D eigenvalue weighted by molar-refractivity contribution is 7.89. The number of hydrogen-bond donors (Lipinski definition) is 1. The molecule has 1 amide bonds. The van der Waals surface area contributed by atoms with Crippen LogP contribution in [0, 0.1) is 0 Å². The first-order valence-corrected chi connectivity index (χ1v) is 10.5. The Morgan fingerprint density at radius 2 is 1.77 bits per heavy atom. The second-order valence-corrected chi connectivity index (χ2v) is 10.5. The Hall–Kier alpha value is -1.77. The molecular formula is C18H25N3O3S2. The molecule has 0 aliphatic rings. The molecule has 2 rings (SSSR count). The van der Waals surface area contributed by atoms with Crippen LogP contribution in [0.3, 0.4) is 0 Å². The van der Waals surface area contributed by atoms with Crippen LogP contribution < -0.4 is 5.32 Å². The first-order valence-electron chi connectivity index (χ1n) is 8.22. The fourth-order valence-corrected chi connectivity index (χ4v) is 3.99. The summed E-state index contributed by atoms with van der Waals surface area (Å²) in [6.07, 6.45) is 1.60. The molecule has 1 aromatic carbocycles. The number of sulfonamides is 1. The van der Waals surface area contributed by atoms with E-state index in [4.69, 9.17) is 0 Å². The average molecular weight is 396 g/mol. The maximum absolute atomic E-state index is 12.4. The predicted octanol–water partition coefficient (Wildman–Crippen LogP) is 3.18. The van der Waals surface area contributed by atoms with Crippen LogP contribution in [0.25, 0.3) is 0 Å². The molecule has 0 saturated carbocycles. The van der Waals surface area contributed by atoms with Crippen LogP contribution in [-0.2, 0) is 15.4 Å². The zero-order valence-corrected chi connectivity index (χ0v) is 17.5. The largest absolute Gasteiger partial charge is 0.345 e. The van der Waals surface area contributed by atoms with Gasteiger partial charge in [-0.05, 0) is 24.6 Å². The molecule has 0 radical (unpaired) electrons. The zero-order valence-electron chi connectivity index (χ0n) is 15.9. The van der Waals surface area contributed by atoms with Crippen molar-refractivity contribution in [2.24, 2.45) is 0 Å². The fourth-order valence-electron chi connectivity index (χ4n) is 2.22. The third-order valence-electron chi connectivity index (χ3n) is 3.88. The summed E-state index contributed by atoms with van der Waals surface area (Å²) in [5.41, 5.74) is 0.736. The van der Waals surface area contributed by atoms with Crippen molar-refractivity contribution >= 4 is 27.3 Å². The van der Waals surface area contributed by atoms with E-state index in [2.05, 4.69) is 31.1 Å². The molecule has 0 spiro atoms. The molecule has 8 heteroatoms. The lowest BCUT2D eigenvalue weighted by molar-refractivity contribution is 0.0943. The Morgan fingerprint density at radius 3 is 2.23 bits per heavy atom. The normalized spacial score (nSPS) is 13.7. The van der Waals surface area contributed by atoms with E-state index < -0.39 is 10.0 Å². The van der Waals surface area contributed by atoms with Gasteiger partial charge in [0.15, 0.2) is 0 Å². The predicted molar refractivity (Wildman–Crippen MR) is 104 cm³/mol. The minimum atomic E-state index is -3.46. The van der Waals surface area contributed by atoms with Gasteiger partial charge in [0.2, 0.25) is 10.0 Å². The van der Waals surface area contributed by atoms with E-state index >= 15 is 0 Å². The molecule has 0 aliphatic carbocycles. The number of nitrogens with zero attached hydrogens (tertiary/aromatic N) is 2. The third kappa shape index (κ3) is 4.49. The van der Waals surface area contributed by atoms with Gasteiger partial charge in [0.05, 0.1) is 22.1 Å². The number of aromatic nitrogens is 1. The number of carbonyl (C=O) groups excluding carboxylic acids is 1. The van der Waals surface area contributed by atoms with Crippen LogP contribution in [0.2, 0.25) is 0 Å². The van der Waals surface area contributed by atoms with Crippen molar-refractivity contribution < 1.29 is 13.2 Å². The molecule has 0 fully saturated rings. The highest BCUT2D eigenvalue weighted by Crippen LogP contribution is 2.27. The van der Waals surface area contributed by atoms with Crippen LogP contribution in [0.1, 0.15) is 54.0 Å². The Labute approximate surface area is 159 Å². The molecule has 1 unspecified atom stereocenters. The lowest BCUT2D eigenvalue weighted by Crippen LogP contribution is -2.26. The summed E-state index contributed by atoms with van der Waals surface area (Å²) in [6, 6.07) is 6.29. The summed E-state index contributed by atoms with van der Waals surface area (Å²) in [5, 5.41) is 3.84. The Bertz CT molecular complexity index is 879. The molecule has 1 atom stereocenters. The van der Waals surface area contributed by atoms with E-state index in [-0.39, 0.29) is 22.3 Å². The van der Waals surface area contributed by atoms with Gasteiger partial charge >= 0.3 is 0 Å². The molecule has 6 nitrogen and oxygen atoms in total. The van der Waals surface area contributed by atoms with Gasteiger partial charge in [0, 0.05) is 19.5 Å². The van der Waals surface area contributed by atoms with Gasteiger partial charge in [-0.15, -0.1) is 11.3 Å². The van der Waals surface area contributed by atoms with Crippen LogP contribution in [0.5, 0.6) is 0 Å². The van der Waals surface area contributed by atoms with Crippen LogP contribution in [-0.4, -0.2) is 37.7 Å². The van der Waals surface area contributed by atoms with Gasteiger partial charge in [0.25, 0.3) is 5.91 Å². The molecule has 1 aromatic heterocycles. The zero-order chi connectivity index (χ0) is 19.7. The van der Waals surface area contributed by atoms with Crippen molar-refractivity contribution in [3.05, 3.63) is 45.9 Å². The van der Waals surface area contributed by atoms with Crippen molar-refractivity contribution in [3.8, 4) is 0 Å². The Morgan fingerprint density at radius 1 is 1.19 bits per heavy atom. The number of benzene rings is 1. The fraction of sp³-hybridized carbons (Fsp3) is 0.444. The number of thiazole rings is 1. The van der Waals surface area contributed by atoms with Crippen molar-refractivity contribution in [2.45, 2.75) is 44.0 Å². The Kier molecular flexibility index (Phi) is 5.89. The molecule has 0 saturated heterocycles. The molecule has 0 aliphatic heterocycles. The van der Waals surface area contributed by atoms with Gasteiger partial charge < -0.3 is 5.32 Å². The highest BCUT2D eigenvalue weighted by atomic mass is 32.2. The molecular weight excluding hydrogens is 370 g/mol. The molecule has 1 N–H and O–H groups in total. The molecule has 142 valence electrons. The van der Waals surface area contributed by atoms with Crippen LogP contribution in [0.15, 0.2) is 35.4 Å². The van der Waals surface area contributed by atoms with E-state index in [0.717, 1.165) is 10.6 Å². The van der Waals surface area contributed by atoms with Gasteiger partial charge in [-0.3, -0.25) is 4.79 Å². The van der Waals surface area contributed by atoms with Crippen molar-refractivity contribution in [1.29, 1.82) is 0 Å². The van der Waals surface area contributed by atoms with E-state index in [0.29, 0.717) is 4.88 Å². The molecule has 0 bridgehead atoms. The first kappa shape index (κ1) is 20.5. The first-order chi connectivity index (χ1) is 11.9. The standard InChI is InChI=1S/C18H25N3O3S2/c1-12(13-7-9-14(10-8-13)26(23,24)21(5)6)20-16(22)15-11-19-17(25-15)18(2,3)4/h7-12H,1-6H3,(H,20,22). The van der Waals surface area contributed by atoms with Crippen LogP contribution in [0.4, 0.5) is 0 Å². The van der Waals surface area contributed by atoms with Crippen molar-refractivity contribution in [3.63, 3.8) is 0 Å². The third-order valence-corrected chi connectivity index (χ3v) is 7.13. The lowest BCUT2D eigenvalue weighted by Gasteiger charge is -2.16. The number of carbonyl (C=O) groups is 1. The minimum absolute atomic E-state index is 0.0947. The van der Waals surface area contributed by atoms with Gasteiger partial charge in [-0.1, -0.05) is 32.9 Å². The minimum Gasteiger partial charge on any atom is -0.345 e. The van der Waals surface area contributed by atoms with Gasteiger partial charge in [-0.25, -0.2) is 17.7 Å². The quantitative estimate of drug-likeness (QED) is 0.843. The van der Waals surface area contributed by atoms with Gasteiger partial charge in [0.1, 0.15) is 4.88 Å². The number of nitrogens with one attached hydrogen (secondary N) is 1. The summed E-state index contributed by atoms with van der Waals surface area (Å²) in [7, 11) is -0.471. The smallest absolute Gasteiger partial charge is 0.263 e. The summed E-state index contributed by atoms with van der Waals surface area (Å²) in [4.78, 5) is 17.6. The van der Waals surface area contributed by atoms with Gasteiger partial charge in [-0.2, -0.15) is 0 Å². The maximum atomic E-state index is 12.4.